The van der Waals surface area contributed by atoms with Crippen LogP contribution in [-0.4, -0.2) is 5.91 Å². The van der Waals surface area contributed by atoms with E-state index in [0.717, 1.165) is 35.1 Å². The standard InChI is InChI=1S/C16H19BrN2O/c1-10-15(2,3)11-6-7-16(10,8-11)14(20)19-13-5-4-12(17)9-18-13/h4-5,9,11H,1,6-8H2,2-3H3,(H,18,19,20)/p+1. The summed E-state index contributed by atoms with van der Waals surface area (Å²) in [5.74, 6) is 1.41. The van der Waals surface area contributed by atoms with Crippen molar-refractivity contribution in [2.45, 2.75) is 33.1 Å². The van der Waals surface area contributed by atoms with Crippen molar-refractivity contribution in [3.8, 4) is 0 Å². The molecule has 20 heavy (non-hydrogen) atoms. The molecule has 1 aromatic heterocycles. The largest absolute Gasteiger partial charge is 0.317 e. The monoisotopic (exact) mass is 335 g/mol. The number of pyridine rings is 1. The summed E-state index contributed by atoms with van der Waals surface area (Å²) in [6, 6.07) is 3.78. The van der Waals surface area contributed by atoms with Crippen LogP contribution in [0, 0.1) is 16.7 Å². The molecule has 4 heteroatoms. The van der Waals surface area contributed by atoms with Crippen LogP contribution in [0.1, 0.15) is 33.1 Å². The van der Waals surface area contributed by atoms with Gasteiger partial charge in [-0.15, -0.1) is 0 Å². The Morgan fingerprint density at radius 1 is 1.50 bits per heavy atom. The Balaban J connectivity index is 1.84. The van der Waals surface area contributed by atoms with E-state index in [-0.39, 0.29) is 16.7 Å². The molecule has 2 atom stereocenters. The van der Waals surface area contributed by atoms with Crippen LogP contribution in [-0.2, 0) is 4.79 Å². The van der Waals surface area contributed by atoms with Gasteiger partial charge in [0.05, 0.1) is 9.89 Å². The molecule has 0 aromatic carbocycles. The number of fused-ring (bicyclic) bond motifs is 2. The van der Waals surface area contributed by atoms with E-state index < -0.39 is 0 Å². The number of aromatic amines is 1. The predicted molar refractivity (Wildman–Crippen MR) is 82.0 cm³/mol. The van der Waals surface area contributed by atoms with Gasteiger partial charge in [0.25, 0.3) is 5.82 Å². The SMILES string of the molecule is C=C1C2(C(=O)Nc3ccc(Br)c[nH+]3)CCC(C2)C1(C)C. The van der Waals surface area contributed by atoms with Crippen LogP contribution in [0.25, 0.3) is 0 Å². The molecule has 2 N–H and O–H groups in total. The average molecular weight is 336 g/mol. The Hall–Kier alpha value is -1.16. The van der Waals surface area contributed by atoms with Crippen molar-refractivity contribution in [1.82, 2.24) is 0 Å². The number of hydrogen-bond donors (Lipinski definition) is 1. The second-order valence-electron chi connectivity index (χ2n) is 6.60. The average Bonchev–Trinajstić information content (AvgIpc) is 2.93. The summed E-state index contributed by atoms with van der Waals surface area (Å²) >= 11 is 3.38. The van der Waals surface area contributed by atoms with E-state index >= 15 is 0 Å². The fourth-order valence-corrected chi connectivity index (χ4v) is 4.11. The Labute approximate surface area is 128 Å². The smallest absolute Gasteiger partial charge is 0.246 e. The van der Waals surface area contributed by atoms with Gasteiger partial charge < -0.3 is 0 Å². The zero-order valence-corrected chi connectivity index (χ0v) is 13.5. The summed E-state index contributed by atoms with van der Waals surface area (Å²) in [5, 5.41) is 3.02. The van der Waals surface area contributed by atoms with Crippen LogP contribution in [0.5, 0.6) is 0 Å². The molecule has 3 rings (SSSR count). The molecule has 1 aromatic rings. The fraction of sp³-hybridized carbons (Fsp3) is 0.500. The lowest BCUT2D eigenvalue weighted by Gasteiger charge is -2.35. The zero-order valence-electron chi connectivity index (χ0n) is 11.9. The van der Waals surface area contributed by atoms with Crippen molar-refractivity contribution in [2.75, 3.05) is 5.32 Å². The molecule has 0 saturated heterocycles. The van der Waals surface area contributed by atoms with Gasteiger partial charge in [-0.2, -0.15) is 0 Å². The highest BCUT2D eigenvalue weighted by Crippen LogP contribution is 2.65. The predicted octanol–water partition coefficient (Wildman–Crippen LogP) is 3.58. The number of hydrogen-bond acceptors (Lipinski definition) is 1. The first-order valence-electron chi connectivity index (χ1n) is 7.05. The van der Waals surface area contributed by atoms with E-state index in [0.29, 0.717) is 5.92 Å². The van der Waals surface area contributed by atoms with Crippen LogP contribution in [0.4, 0.5) is 5.82 Å². The molecule has 0 spiro atoms. The summed E-state index contributed by atoms with van der Waals surface area (Å²) in [5.41, 5.74) is 0.824. The summed E-state index contributed by atoms with van der Waals surface area (Å²) in [7, 11) is 0. The summed E-state index contributed by atoms with van der Waals surface area (Å²) < 4.78 is 0.959. The third kappa shape index (κ3) is 1.85. The number of rotatable bonds is 2. The van der Waals surface area contributed by atoms with E-state index in [9.17, 15) is 4.79 Å². The van der Waals surface area contributed by atoms with Crippen LogP contribution in [0.2, 0.25) is 0 Å². The zero-order chi connectivity index (χ0) is 14.5. The Kier molecular flexibility index (Phi) is 3.05. The first-order chi connectivity index (χ1) is 9.36. The van der Waals surface area contributed by atoms with Gasteiger partial charge in [0.2, 0.25) is 0 Å². The minimum Gasteiger partial charge on any atom is -0.246 e. The van der Waals surface area contributed by atoms with Gasteiger partial charge in [0, 0.05) is 6.07 Å². The lowest BCUT2D eigenvalue weighted by atomic mass is 9.68. The highest BCUT2D eigenvalue weighted by Gasteiger charge is 2.62. The van der Waals surface area contributed by atoms with Crippen LogP contribution < -0.4 is 10.3 Å². The number of nitrogens with one attached hydrogen (secondary N) is 2. The quantitative estimate of drug-likeness (QED) is 0.824. The third-order valence-electron chi connectivity index (χ3n) is 5.35. The molecule has 0 radical (unpaired) electrons. The number of carbonyl (C=O) groups excluding carboxylic acids is 1. The first kappa shape index (κ1) is 13.8. The van der Waals surface area contributed by atoms with Crippen LogP contribution in [0.3, 0.4) is 0 Å². The number of amides is 1. The summed E-state index contributed by atoms with van der Waals surface area (Å²) in [6.07, 6.45) is 4.82. The number of carbonyl (C=O) groups is 1. The van der Waals surface area contributed by atoms with Crippen molar-refractivity contribution < 1.29 is 9.78 Å². The van der Waals surface area contributed by atoms with Gasteiger partial charge in [0.15, 0.2) is 0 Å². The minimum absolute atomic E-state index is 0.0824. The lowest BCUT2D eigenvalue weighted by molar-refractivity contribution is -0.361. The Morgan fingerprint density at radius 2 is 2.25 bits per heavy atom. The van der Waals surface area contributed by atoms with E-state index in [1.165, 1.54) is 0 Å². The molecule has 2 fully saturated rings. The van der Waals surface area contributed by atoms with Crippen molar-refractivity contribution in [2.24, 2.45) is 16.7 Å². The second-order valence-corrected chi connectivity index (χ2v) is 7.51. The highest BCUT2D eigenvalue weighted by molar-refractivity contribution is 9.10. The maximum Gasteiger partial charge on any atom is 0.317 e. The van der Waals surface area contributed by atoms with Gasteiger partial charge in [-0.3, -0.25) is 0 Å². The lowest BCUT2D eigenvalue weighted by Crippen LogP contribution is -2.38. The van der Waals surface area contributed by atoms with E-state index in [2.05, 4.69) is 46.7 Å². The van der Waals surface area contributed by atoms with Crippen molar-refractivity contribution in [3.05, 3.63) is 35.0 Å². The Morgan fingerprint density at radius 3 is 2.80 bits per heavy atom. The fourth-order valence-electron chi connectivity index (χ4n) is 3.87. The minimum atomic E-state index is -0.366. The molecule has 1 amide bonds. The van der Waals surface area contributed by atoms with E-state index in [1.807, 2.05) is 18.3 Å². The topological polar surface area (TPSA) is 43.2 Å². The number of anilines is 1. The normalized spacial score (nSPS) is 30.6. The van der Waals surface area contributed by atoms with E-state index in [4.69, 9.17) is 0 Å². The van der Waals surface area contributed by atoms with Crippen LogP contribution in [0.15, 0.2) is 35.0 Å². The molecule has 2 aliphatic carbocycles. The second kappa shape index (κ2) is 4.42. The number of halogens is 1. The molecule has 2 saturated carbocycles. The number of H-pyrrole nitrogens is 1. The van der Waals surface area contributed by atoms with Crippen LogP contribution >= 0.6 is 15.9 Å². The molecule has 2 unspecified atom stereocenters. The molecule has 2 bridgehead atoms. The Bertz CT molecular complexity index is 579. The molecule has 106 valence electrons. The van der Waals surface area contributed by atoms with Gasteiger partial charge in [0.1, 0.15) is 6.20 Å². The molecule has 2 aliphatic rings. The maximum absolute atomic E-state index is 12.8. The van der Waals surface area contributed by atoms with Gasteiger partial charge in [-0.1, -0.05) is 26.0 Å². The van der Waals surface area contributed by atoms with Crippen molar-refractivity contribution >= 4 is 27.7 Å². The van der Waals surface area contributed by atoms with Crippen molar-refractivity contribution in [1.29, 1.82) is 0 Å². The molecular weight excluding hydrogens is 316 g/mol. The molecule has 1 heterocycles. The third-order valence-corrected chi connectivity index (χ3v) is 5.84. The van der Waals surface area contributed by atoms with Gasteiger partial charge in [-0.05, 0) is 52.6 Å². The molecular formula is C16H20BrN2O+. The highest BCUT2D eigenvalue weighted by atomic mass is 79.9. The molecule has 3 nitrogen and oxygen atoms in total. The van der Waals surface area contributed by atoms with Gasteiger partial charge in [-0.25, -0.2) is 15.1 Å². The maximum atomic E-state index is 12.8. The first-order valence-corrected chi connectivity index (χ1v) is 7.84. The summed E-state index contributed by atoms with van der Waals surface area (Å²) in [6.45, 7) is 8.70. The number of aromatic nitrogens is 1. The van der Waals surface area contributed by atoms with Crippen molar-refractivity contribution in [3.63, 3.8) is 0 Å². The molecule has 0 aliphatic heterocycles. The summed E-state index contributed by atoms with van der Waals surface area (Å²) in [4.78, 5) is 15.8. The van der Waals surface area contributed by atoms with Gasteiger partial charge >= 0.3 is 5.91 Å². The van der Waals surface area contributed by atoms with E-state index in [1.54, 1.807) is 0 Å².